The number of carbonyl (C=O) groups excluding carboxylic acids is 2. The molecule has 0 saturated carbocycles. The standard InChI is InChI=1S/C17H18N4O4S/c18-16(22)11-26-15-4-2-1-3-14(15)17(23)20-10-9-19-12-5-7-13(8-6-12)21(24)25/h1-8,19H,9-11H2,(H2,18,22)(H,20,23). The lowest BCUT2D eigenvalue weighted by atomic mass is 10.2. The van der Waals surface area contributed by atoms with E-state index in [1.54, 1.807) is 36.4 Å². The lowest BCUT2D eigenvalue weighted by molar-refractivity contribution is -0.384. The van der Waals surface area contributed by atoms with Gasteiger partial charge in [-0.25, -0.2) is 0 Å². The maximum atomic E-state index is 12.3. The molecule has 0 fully saturated rings. The van der Waals surface area contributed by atoms with E-state index < -0.39 is 10.8 Å². The Labute approximate surface area is 154 Å². The van der Waals surface area contributed by atoms with Gasteiger partial charge >= 0.3 is 0 Å². The quantitative estimate of drug-likeness (QED) is 0.267. The number of nitrogens with zero attached hydrogens (tertiary/aromatic N) is 1. The number of carbonyl (C=O) groups is 2. The number of nitro groups is 1. The molecule has 0 aliphatic heterocycles. The van der Waals surface area contributed by atoms with Gasteiger partial charge in [0.15, 0.2) is 0 Å². The number of nitrogens with one attached hydrogen (secondary N) is 2. The monoisotopic (exact) mass is 374 g/mol. The van der Waals surface area contributed by atoms with E-state index in [9.17, 15) is 19.7 Å². The molecule has 0 aromatic heterocycles. The number of nitro benzene ring substituents is 1. The summed E-state index contributed by atoms with van der Waals surface area (Å²) in [4.78, 5) is 34.0. The molecule has 2 aromatic rings. The number of amides is 2. The third-order valence-corrected chi connectivity index (χ3v) is 4.42. The van der Waals surface area contributed by atoms with E-state index in [2.05, 4.69) is 10.6 Å². The average molecular weight is 374 g/mol. The Morgan fingerprint density at radius 1 is 1.08 bits per heavy atom. The number of nitrogens with two attached hydrogens (primary N) is 1. The molecule has 2 aromatic carbocycles. The number of rotatable bonds is 9. The van der Waals surface area contributed by atoms with Crippen molar-refractivity contribution < 1.29 is 14.5 Å². The van der Waals surface area contributed by atoms with Crippen LogP contribution in [-0.2, 0) is 4.79 Å². The summed E-state index contributed by atoms with van der Waals surface area (Å²) in [7, 11) is 0. The molecule has 0 aliphatic rings. The Kier molecular flexibility index (Phi) is 6.98. The van der Waals surface area contributed by atoms with Gasteiger partial charge in [0.25, 0.3) is 11.6 Å². The maximum Gasteiger partial charge on any atom is 0.269 e. The van der Waals surface area contributed by atoms with E-state index in [-0.39, 0.29) is 17.3 Å². The van der Waals surface area contributed by atoms with Crippen molar-refractivity contribution in [3.63, 3.8) is 0 Å². The molecule has 136 valence electrons. The van der Waals surface area contributed by atoms with Gasteiger partial charge in [-0.1, -0.05) is 12.1 Å². The zero-order valence-electron chi connectivity index (χ0n) is 13.8. The van der Waals surface area contributed by atoms with E-state index in [4.69, 9.17) is 5.73 Å². The first-order valence-electron chi connectivity index (χ1n) is 7.74. The third-order valence-electron chi connectivity index (χ3n) is 3.32. The third kappa shape index (κ3) is 5.78. The van der Waals surface area contributed by atoms with Crippen LogP contribution in [0.1, 0.15) is 10.4 Å². The summed E-state index contributed by atoms with van der Waals surface area (Å²) < 4.78 is 0. The van der Waals surface area contributed by atoms with Crippen molar-refractivity contribution in [3.05, 3.63) is 64.2 Å². The average Bonchev–Trinajstić information content (AvgIpc) is 2.64. The highest BCUT2D eigenvalue weighted by molar-refractivity contribution is 8.00. The van der Waals surface area contributed by atoms with Gasteiger partial charge in [-0.05, 0) is 24.3 Å². The van der Waals surface area contributed by atoms with Crippen molar-refractivity contribution in [1.29, 1.82) is 0 Å². The number of primary amides is 1. The lowest BCUT2D eigenvalue weighted by Crippen LogP contribution is -2.29. The number of hydrogen-bond acceptors (Lipinski definition) is 6. The molecule has 26 heavy (non-hydrogen) atoms. The molecule has 8 nitrogen and oxygen atoms in total. The molecule has 0 radical (unpaired) electrons. The van der Waals surface area contributed by atoms with E-state index in [0.717, 1.165) is 5.69 Å². The van der Waals surface area contributed by atoms with Crippen LogP contribution in [-0.4, -0.2) is 35.6 Å². The molecular formula is C17H18N4O4S. The van der Waals surface area contributed by atoms with Gasteiger partial charge in [0.1, 0.15) is 0 Å². The summed E-state index contributed by atoms with van der Waals surface area (Å²) in [6, 6.07) is 13.0. The van der Waals surface area contributed by atoms with Gasteiger partial charge in [-0.3, -0.25) is 19.7 Å². The summed E-state index contributed by atoms with van der Waals surface area (Å²) in [6.45, 7) is 0.824. The van der Waals surface area contributed by atoms with Gasteiger partial charge in [0.05, 0.1) is 16.2 Å². The van der Waals surface area contributed by atoms with E-state index in [0.29, 0.717) is 23.5 Å². The molecule has 0 unspecified atom stereocenters. The molecule has 0 aliphatic carbocycles. The minimum Gasteiger partial charge on any atom is -0.383 e. The number of benzene rings is 2. The minimum absolute atomic E-state index is 0.0221. The fourth-order valence-electron chi connectivity index (χ4n) is 2.11. The molecule has 9 heteroatoms. The molecule has 2 rings (SSSR count). The maximum absolute atomic E-state index is 12.3. The molecule has 0 saturated heterocycles. The number of thioether (sulfide) groups is 1. The Morgan fingerprint density at radius 2 is 1.77 bits per heavy atom. The number of hydrogen-bond donors (Lipinski definition) is 3. The van der Waals surface area contributed by atoms with Crippen molar-refractivity contribution in [3.8, 4) is 0 Å². The highest BCUT2D eigenvalue weighted by Gasteiger charge is 2.11. The van der Waals surface area contributed by atoms with Gasteiger partial charge in [-0.2, -0.15) is 0 Å². The van der Waals surface area contributed by atoms with Crippen LogP contribution in [0.15, 0.2) is 53.4 Å². The molecule has 0 bridgehead atoms. The van der Waals surface area contributed by atoms with E-state index in [1.807, 2.05) is 0 Å². The predicted molar refractivity (Wildman–Crippen MR) is 100 cm³/mol. The van der Waals surface area contributed by atoms with Gasteiger partial charge < -0.3 is 16.4 Å². The second kappa shape index (κ2) is 9.42. The van der Waals surface area contributed by atoms with Crippen LogP contribution in [0, 0.1) is 10.1 Å². The fraction of sp³-hybridized carbons (Fsp3) is 0.176. The van der Waals surface area contributed by atoms with Crippen LogP contribution in [0.4, 0.5) is 11.4 Å². The largest absolute Gasteiger partial charge is 0.383 e. The Morgan fingerprint density at radius 3 is 2.42 bits per heavy atom. The lowest BCUT2D eigenvalue weighted by Gasteiger charge is -2.10. The summed E-state index contributed by atoms with van der Waals surface area (Å²) in [5.41, 5.74) is 6.37. The second-order valence-corrected chi connectivity index (χ2v) is 6.25. The first kappa shape index (κ1) is 19.3. The summed E-state index contributed by atoms with van der Waals surface area (Å²) >= 11 is 1.22. The topological polar surface area (TPSA) is 127 Å². The predicted octanol–water partition coefficient (Wildman–Crippen LogP) is 2.01. The summed E-state index contributed by atoms with van der Waals surface area (Å²) in [5, 5.41) is 16.5. The van der Waals surface area contributed by atoms with E-state index >= 15 is 0 Å². The van der Waals surface area contributed by atoms with Crippen LogP contribution < -0.4 is 16.4 Å². The van der Waals surface area contributed by atoms with Crippen LogP contribution in [0.5, 0.6) is 0 Å². The highest BCUT2D eigenvalue weighted by Crippen LogP contribution is 2.22. The summed E-state index contributed by atoms with van der Waals surface area (Å²) in [5.74, 6) is -0.591. The smallest absolute Gasteiger partial charge is 0.269 e. The van der Waals surface area contributed by atoms with Crippen LogP contribution in [0.3, 0.4) is 0 Å². The van der Waals surface area contributed by atoms with Crippen molar-refractivity contribution in [2.75, 3.05) is 24.2 Å². The SMILES string of the molecule is NC(=O)CSc1ccccc1C(=O)NCCNc1ccc([N+](=O)[O-])cc1. The molecule has 4 N–H and O–H groups in total. The fourth-order valence-corrected chi connectivity index (χ4v) is 2.90. The van der Waals surface area contributed by atoms with Crippen molar-refractivity contribution in [2.24, 2.45) is 5.73 Å². The zero-order chi connectivity index (χ0) is 18.9. The zero-order valence-corrected chi connectivity index (χ0v) is 14.6. The summed E-state index contributed by atoms with van der Waals surface area (Å²) in [6.07, 6.45) is 0. The van der Waals surface area contributed by atoms with Crippen molar-refractivity contribution in [2.45, 2.75) is 4.90 Å². The van der Waals surface area contributed by atoms with Gasteiger partial charge in [0, 0.05) is 35.8 Å². The van der Waals surface area contributed by atoms with Crippen LogP contribution in [0.25, 0.3) is 0 Å². The Bertz CT molecular complexity index is 796. The van der Waals surface area contributed by atoms with Gasteiger partial charge in [-0.15, -0.1) is 11.8 Å². The molecule has 2 amide bonds. The van der Waals surface area contributed by atoms with Gasteiger partial charge in [0.2, 0.25) is 5.91 Å². The molecule has 0 atom stereocenters. The molecule has 0 spiro atoms. The first-order chi connectivity index (χ1) is 12.5. The second-order valence-electron chi connectivity index (χ2n) is 5.24. The first-order valence-corrected chi connectivity index (χ1v) is 8.72. The van der Waals surface area contributed by atoms with Crippen molar-refractivity contribution >= 4 is 35.0 Å². The van der Waals surface area contributed by atoms with Crippen molar-refractivity contribution in [1.82, 2.24) is 5.32 Å². The molecule has 0 heterocycles. The van der Waals surface area contributed by atoms with Crippen LogP contribution in [0.2, 0.25) is 0 Å². The minimum atomic E-state index is -0.461. The number of non-ortho nitro benzene ring substituents is 1. The highest BCUT2D eigenvalue weighted by atomic mass is 32.2. The normalized spacial score (nSPS) is 10.2. The van der Waals surface area contributed by atoms with Crippen LogP contribution >= 0.6 is 11.8 Å². The molecular weight excluding hydrogens is 356 g/mol. The Hall–Kier alpha value is -3.07. The Balaban J connectivity index is 1.83. The number of anilines is 1. The van der Waals surface area contributed by atoms with E-state index in [1.165, 1.54) is 23.9 Å².